The van der Waals surface area contributed by atoms with E-state index in [1.54, 1.807) is 6.07 Å². The monoisotopic (exact) mass is 571 g/mol. The molecule has 0 spiro atoms. The molecule has 3 fully saturated rings. The second-order valence-corrected chi connectivity index (χ2v) is 11.0. The van der Waals surface area contributed by atoms with Gasteiger partial charge < -0.3 is 24.3 Å². The van der Waals surface area contributed by atoms with Gasteiger partial charge in [-0.1, -0.05) is 0 Å². The van der Waals surface area contributed by atoms with Crippen molar-refractivity contribution in [1.82, 2.24) is 24.3 Å². The van der Waals surface area contributed by atoms with E-state index in [9.17, 15) is 27.9 Å². The molecule has 0 radical (unpaired) electrons. The summed E-state index contributed by atoms with van der Waals surface area (Å²) in [5.41, 5.74) is 1.68. The molecule has 2 aromatic heterocycles. The van der Waals surface area contributed by atoms with Gasteiger partial charge in [-0.3, -0.25) is 14.5 Å². The number of nitrogens with one attached hydrogen (secondary N) is 1. The number of aliphatic hydroxyl groups excluding tert-OH is 1. The summed E-state index contributed by atoms with van der Waals surface area (Å²) in [4.78, 5) is 37.7. The van der Waals surface area contributed by atoms with Crippen molar-refractivity contribution in [3.8, 4) is 28.4 Å². The number of amides is 1. The number of nitrogens with zero attached hydrogens (tertiary/aromatic N) is 4. The molecule has 0 bridgehead atoms. The summed E-state index contributed by atoms with van der Waals surface area (Å²) in [6.07, 6.45) is 2.10. The van der Waals surface area contributed by atoms with E-state index >= 15 is 0 Å². The lowest BCUT2D eigenvalue weighted by Gasteiger charge is -2.39. The van der Waals surface area contributed by atoms with Crippen LogP contribution in [0.1, 0.15) is 55.1 Å². The predicted octanol–water partition coefficient (Wildman–Crippen LogP) is 4.20. The smallest absolute Gasteiger partial charge is 0.406 e. The Hall–Kier alpha value is -3.64. The van der Waals surface area contributed by atoms with Crippen molar-refractivity contribution in [3.63, 3.8) is 0 Å². The Morgan fingerprint density at radius 1 is 0.976 bits per heavy atom. The van der Waals surface area contributed by atoms with Crippen LogP contribution in [0.2, 0.25) is 0 Å². The summed E-state index contributed by atoms with van der Waals surface area (Å²) in [6, 6.07) is 9.01. The van der Waals surface area contributed by atoms with Gasteiger partial charge >= 0.3 is 6.36 Å². The first kappa shape index (κ1) is 27.5. The number of aliphatic hydroxyl groups is 1. The molecule has 1 unspecified atom stereocenters. The van der Waals surface area contributed by atoms with Crippen molar-refractivity contribution < 1.29 is 27.8 Å². The number of hydrogen-bond donors (Lipinski definition) is 2. The zero-order valence-corrected chi connectivity index (χ0v) is 22.4. The fourth-order valence-electron chi connectivity index (χ4n) is 6.18. The molecule has 1 aromatic carbocycles. The van der Waals surface area contributed by atoms with E-state index in [2.05, 4.69) is 14.6 Å². The molecule has 12 heteroatoms. The number of pyridine rings is 1. The maximum Gasteiger partial charge on any atom is 0.573 e. The summed E-state index contributed by atoms with van der Waals surface area (Å²) >= 11 is 0. The summed E-state index contributed by atoms with van der Waals surface area (Å²) in [5.74, 6) is -0.0203. The van der Waals surface area contributed by atoms with Crippen molar-refractivity contribution in [2.24, 2.45) is 0 Å². The van der Waals surface area contributed by atoms with Gasteiger partial charge in [-0.2, -0.15) is 0 Å². The lowest BCUT2D eigenvalue weighted by molar-refractivity contribution is -0.274. The highest BCUT2D eigenvalue weighted by Crippen LogP contribution is 2.43. The summed E-state index contributed by atoms with van der Waals surface area (Å²) in [7, 11) is 0. The Morgan fingerprint density at radius 2 is 1.68 bits per heavy atom. The molecule has 41 heavy (non-hydrogen) atoms. The Kier molecular flexibility index (Phi) is 7.37. The van der Waals surface area contributed by atoms with E-state index in [0.29, 0.717) is 47.5 Å². The Bertz CT molecular complexity index is 1440. The van der Waals surface area contributed by atoms with Crippen molar-refractivity contribution in [3.05, 3.63) is 58.6 Å². The van der Waals surface area contributed by atoms with Gasteiger partial charge in [0.05, 0.1) is 6.61 Å². The molecule has 2 saturated heterocycles. The fraction of sp³-hybridized carbons (Fsp3) is 0.483. The van der Waals surface area contributed by atoms with Crippen LogP contribution in [0.4, 0.5) is 13.2 Å². The van der Waals surface area contributed by atoms with Gasteiger partial charge in [-0.15, -0.1) is 13.2 Å². The van der Waals surface area contributed by atoms with Crippen LogP contribution in [-0.2, 0) is 0 Å². The number of aromatic amines is 1. The molecule has 3 aromatic rings. The van der Waals surface area contributed by atoms with Crippen LogP contribution in [0.15, 0.2) is 47.4 Å². The molecule has 6 rings (SSSR count). The first-order valence-corrected chi connectivity index (χ1v) is 14.0. The number of hydrogen-bond acceptors (Lipinski definition) is 6. The predicted molar refractivity (Wildman–Crippen MR) is 144 cm³/mol. The third-order valence-electron chi connectivity index (χ3n) is 8.28. The molecule has 1 atom stereocenters. The number of ether oxygens (including phenoxy) is 1. The minimum atomic E-state index is -4.80. The number of H-pyrrole nitrogens is 1. The van der Waals surface area contributed by atoms with Gasteiger partial charge in [0, 0.05) is 54.6 Å². The lowest BCUT2D eigenvalue weighted by atomic mass is 10.0. The van der Waals surface area contributed by atoms with E-state index in [1.165, 1.54) is 36.5 Å². The Labute approximate surface area is 234 Å². The maximum absolute atomic E-state index is 14.2. The topological polar surface area (TPSA) is 104 Å². The summed E-state index contributed by atoms with van der Waals surface area (Å²) < 4.78 is 44.1. The number of likely N-dealkylation sites (tertiary alicyclic amines) is 2. The van der Waals surface area contributed by atoms with Crippen LogP contribution >= 0.6 is 0 Å². The van der Waals surface area contributed by atoms with E-state index < -0.39 is 6.36 Å². The van der Waals surface area contributed by atoms with Gasteiger partial charge in [0.25, 0.3) is 5.91 Å². The van der Waals surface area contributed by atoms with Crippen LogP contribution in [-0.4, -0.2) is 80.0 Å². The number of carbonyl (C=O) groups excluding carboxylic acids is 1. The summed E-state index contributed by atoms with van der Waals surface area (Å²) in [6.45, 7) is 2.24. The van der Waals surface area contributed by atoms with Gasteiger partial charge in [0.15, 0.2) is 0 Å². The molecule has 2 aliphatic heterocycles. The molecular weight excluding hydrogens is 539 g/mol. The second kappa shape index (κ2) is 11.0. The van der Waals surface area contributed by atoms with Crippen LogP contribution in [0, 0.1) is 0 Å². The molecule has 3 aliphatic rings. The summed E-state index contributed by atoms with van der Waals surface area (Å²) in [5, 5.41) is 9.77. The van der Waals surface area contributed by atoms with E-state index in [0.717, 1.165) is 45.1 Å². The highest BCUT2D eigenvalue weighted by molar-refractivity contribution is 5.99. The van der Waals surface area contributed by atoms with Gasteiger partial charge in [-0.05, 0) is 75.4 Å². The number of carbonyl (C=O) groups is 1. The van der Waals surface area contributed by atoms with Gasteiger partial charge in [-0.25, -0.2) is 4.98 Å². The van der Waals surface area contributed by atoms with Crippen molar-refractivity contribution in [2.75, 3.05) is 26.2 Å². The average molecular weight is 572 g/mol. The van der Waals surface area contributed by atoms with E-state index in [1.807, 2.05) is 9.47 Å². The zero-order valence-electron chi connectivity index (χ0n) is 22.4. The molecule has 218 valence electrons. The minimum Gasteiger partial charge on any atom is -0.406 e. The minimum absolute atomic E-state index is 0.0338. The van der Waals surface area contributed by atoms with Crippen molar-refractivity contribution in [2.45, 2.75) is 63.0 Å². The molecule has 1 amide bonds. The molecular formula is C29H32F3N5O4. The average Bonchev–Trinajstić information content (AvgIpc) is 3.55. The fourth-order valence-corrected chi connectivity index (χ4v) is 6.18. The number of halogens is 3. The first-order chi connectivity index (χ1) is 19.7. The number of alkyl halides is 3. The van der Waals surface area contributed by atoms with Gasteiger partial charge in [0.2, 0.25) is 5.56 Å². The number of imidazole rings is 1. The third-order valence-corrected chi connectivity index (χ3v) is 8.28. The normalized spacial score (nSPS) is 20.5. The molecule has 1 aliphatic carbocycles. The van der Waals surface area contributed by atoms with E-state index in [4.69, 9.17) is 4.98 Å². The standard InChI is InChI=1S/C29H32F3N5O4/c30-29(31,32)41-23-8-3-18(4-9-23)27-34-25(19-5-10-24(39)33-16-19)26(37(27)21-6-7-21)28(40)35-14-11-20(12-15-35)36-13-1-2-22(36)17-38/h3-5,8-10,16,20-22,38H,1-2,6-7,11-15,17H2,(H,33,39). The van der Waals surface area contributed by atoms with Crippen molar-refractivity contribution >= 4 is 5.91 Å². The lowest BCUT2D eigenvalue weighted by Crippen LogP contribution is -2.49. The van der Waals surface area contributed by atoms with Gasteiger partial charge in [0.1, 0.15) is 23.0 Å². The number of rotatable bonds is 7. The maximum atomic E-state index is 14.2. The Balaban J connectivity index is 1.34. The van der Waals surface area contributed by atoms with Crippen LogP contribution < -0.4 is 10.3 Å². The Morgan fingerprint density at radius 3 is 2.29 bits per heavy atom. The molecule has 1 saturated carbocycles. The number of benzene rings is 1. The highest BCUT2D eigenvalue weighted by atomic mass is 19.4. The largest absolute Gasteiger partial charge is 0.573 e. The first-order valence-electron chi connectivity index (χ1n) is 14.0. The highest BCUT2D eigenvalue weighted by Gasteiger charge is 2.38. The van der Waals surface area contributed by atoms with Crippen LogP contribution in [0.3, 0.4) is 0 Å². The van der Waals surface area contributed by atoms with Crippen molar-refractivity contribution in [1.29, 1.82) is 0 Å². The molecule has 9 nitrogen and oxygen atoms in total. The quantitative estimate of drug-likeness (QED) is 0.441. The molecule has 4 heterocycles. The number of aromatic nitrogens is 3. The van der Waals surface area contributed by atoms with E-state index in [-0.39, 0.29) is 35.9 Å². The van der Waals surface area contributed by atoms with Crippen LogP contribution in [0.5, 0.6) is 5.75 Å². The van der Waals surface area contributed by atoms with Crippen LogP contribution in [0.25, 0.3) is 22.6 Å². The SMILES string of the molecule is O=C(c1c(-c2ccc(=O)[nH]c2)nc(-c2ccc(OC(F)(F)F)cc2)n1C1CC1)N1CCC(N2CCCC2CO)CC1. The zero-order chi connectivity index (χ0) is 28.7. The molecule has 2 N–H and O–H groups in total. The number of piperidine rings is 1. The third kappa shape index (κ3) is 5.76. The second-order valence-electron chi connectivity index (χ2n) is 11.0.